The molecule has 2 N–H and O–H groups in total. The second-order valence-corrected chi connectivity index (χ2v) is 3.80. The number of ether oxygens (including phenoxy) is 1. The number of hydrogen-bond acceptors (Lipinski definition) is 3. The third kappa shape index (κ3) is 3.19. The number of halogens is 2. The fourth-order valence-corrected chi connectivity index (χ4v) is 1.46. The highest BCUT2D eigenvalue weighted by Crippen LogP contribution is 2.17. The molecule has 0 atom stereocenters. The normalized spacial score (nSPS) is 10.1. The van der Waals surface area contributed by atoms with E-state index >= 15 is 0 Å². The van der Waals surface area contributed by atoms with E-state index in [0.29, 0.717) is 0 Å². The lowest BCUT2D eigenvalue weighted by Gasteiger charge is -2.07. The molecule has 20 heavy (non-hydrogen) atoms. The van der Waals surface area contributed by atoms with Crippen molar-refractivity contribution in [1.82, 2.24) is 4.98 Å². The Morgan fingerprint density at radius 3 is 2.45 bits per heavy atom. The van der Waals surface area contributed by atoms with Crippen LogP contribution in [-0.4, -0.2) is 23.5 Å². The van der Waals surface area contributed by atoms with Gasteiger partial charge < -0.3 is 15.0 Å². The first-order valence-corrected chi connectivity index (χ1v) is 5.62. The molecule has 0 aliphatic rings. The van der Waals surface area contributed by atoms with Crippen molar-refractivity contribution >= 4 is 17.6 Å². The Hall–Kier alpha value is -2.70. The zero-order chi connectivity index (χ0) is 14.5. The van der Waals surface area contributed by atoms with Crippen molar-refractivity contribution in [1.29, 1.82) is 0 Å². The zero-order valence-electron chi connectivity index (χ0n) is 10.2. The number of esters is 1. The molecule has 0 saturated heterocycles. The lowest BCUT2D eigenvalue weighted by molar-refractivity contribution is -0.119. The van der Waals surface area contributed by atoms with Crippen LogP contribution >= 0.6 is 0 Å². The van der Waals surface area contributed by atoms with Crippen molar-refractivity contribution < 1.29 is 23.1 Å². The number of hydrogen-bond donors (Lipinski definition) is 2. The molecule has 0 saturated carbocycles. The molecule has 7 heteroatoms. The first-order chi connectivity index (χ1) is 9.58. The molecule has 104 valence electrons. The quantitative estimate of drug-likeness (QED) is 0.842. The summed E-state index contributed by atoms with van der Waals surface area (Å²) in [5.41, 5.74) is -0.400. The molecule has 0 radical (unpaired) electrons. The Kier molecular flexibility index (Phi) is 4.09. The summed E-state index contributed by atoms with van der Waals surface area (Å²) in [6.45, 7) is -0.647. The molecule has 2 rings (SSSR count). The maximum absolute atomic E-state index is 13.3. The van der Waals surface area contributed by atoms with Gasteiger partial charge in [0.2, 0.25) is 0 Å². The van der Waals surface area contributed by atoms with E-state index in [0.717, 1.165) is 12.1 Å². The third-order valence-corrected chi connectivity index (χ3v) is 2.38. The van der Waals surface area contributed by atoms with Gasteiger partial charge in [0.15, 0.2) is 6.61 Å². The molecule has 0 aliphatic carbocycles. The summed E-state index contributed by atoms with van der Waals surface area (Å²) in [4.78, 5) is 25.5. The third-order valence-electron chi connectivity index (χ3n) is 2.38. The fourth-order valence-electron chi connectivity index (χ4n) is 1.46. The topological polar surface area (TPSA) is 71.2 Å². The van der Waals surface area contributed by atoms with Crippen molar-refractivity contribution in [2.24, 2.45) is 0 Å². The van der Waals surface area contributed by atoms with Crippen LogP contribution in [0.1, 0.15) is 10.5 Å². The zero-order valence-corrected chi connectivity index (χ0v) is 10.2. The van der Waals surface area contributed by atoms with E-state index in [-0.39, 0.29) is 5.69 Å². The van der Waals surface area contributed by atoms with Crippen molar-refractivity contribution in [3.05, 3.63) is 53.9 Å². The molecule has 0 bridgehead atoms. The summed E-state index contributed by atoms with van der Waals surface area (Å²) in [6, 6.07) is 6.24. The molecule has 5 nitrogen and oxygen atoms in total. The van der Waals surface area contributed by atoms with Gasteiger partial charge in [-0.3, -0.25) is 4.79 Å². The molecule has 1 amide bonds. The standard InChI is InChI=1S/C13H10F2N2O3/c14-8-3-1-4-9(15)12(8)17-11(18)7-20-13(19)10-5-2-6-16-10/h1-6,16H,7H2,(H,17,18). The van der Waals surface area contributed by atoms with Gasteiger partial charge in [-0.05, 0) is 24.3 Å². The highest BCUT2D eigenvalue weighted by molar-refractivity contribution is 5.95. The summed E-state index contributed by atoms with van der Waals surface area (Å²) in [6.07, 6.45) is 1.52. The molecular weight excluding hydrogens is 270 g/mol. The molecule has 1 aromatic carbocycles. The summed E-state index contributed by atoms with van der Waals surface area (Å²) >= 11 is 0. The van der Waals surface area contributed by atoms with Gasteiger partial charge in [-0.15, -0.1) is 0 Å². The second kappa shape index (κ2) is 5.96. The van der Waals surface area contributed by atoms with E-state index in [1.165, 1.54) is 18.3 Å². The van der Waals surface area contributed by atoms with E-state index in [1.807, 2.05) is 5.32 Å². The minimum absolute atomic E-state index is 0.176. The predicted octanol–water partition coefficient (Wildman–Crippen LogP) is 2.09. The van der Waals surface area contributed by atoms with E-state index in [4.69, 9.17) is 0 Å². The summed E-state index contributed by atoms with van der Waals surface area (Å²) in [7, 11) is 0. The van der Waals surface area contributed by atoms with Crippen molar-refractivity contribution in [3.63, 3.8) is 0 Å². The average Bonchev–Trinajstić information content (AvgIpc) is 2.94. The minimum Gasteiger partial charge on any atom is -0.451 e. The number of para-hydroxylation sites is 1. The molecule has 2 aromatic rings. The van der Waals surface area contributed by atoms with Crippen LogP contribution in [0.3, 0.4) is 0 Å². The van der Waals surface area contributed by atoms with Crippen molar-refractivity contribution in [2.75, 3.05) is 11.9 Å². The SMILES string of the molecule is O=C(COC(=O)c1ccc[nH]1)Nc1c(F)cccc1F. The maximum Gasteiger partial charge on any atom is 0.355 e. The van der Waals surface area contributed by atoms with Crippen LogP contribution in [-0.2, 0) is 9.53 Å². The van der Waals surface area contributed by atoms with Gasteiger partial charge in [-0.2, -0.15) is 0 Å². The number of benzene rings is 1. The van der Waals surface area contributed by atoms with Crippen molar-refractivity contribution in [2.45, 2.75) is 0 Å². The average molecular weight is 280 g/mol. The molecule has 1 aromatic heterocycles. The number of anilines is 1. The first-order valence-electron chi connectivity index (χ1n) is 5.62. The lowest BCUT2D eigenvalue weighted by atomic mass is 10.3. The predicted molar refractivity (Wildman–Crippen MR) is 66.1 cm³/mol. The number of aromatic nitrogens is 1. The summed E-state index contributed by atoms with van der Waals surface area (Å²) < 4.78 is 31.2. The lowest BCUT2D eigenvalue weighted by Crippen LogP contribution is -2.22. The number of H-pyrrole nitrogens is 1. The smallest absolute Gasteiger partial charge is 0.355 e. The number of carbonyl (C=O) groups is 2. The van der Waals surface area contributed by atoms with Gasteiger partial charge in [0.25, 0.3) is 5.91 Å². The van der Waals surface area contributed by atoms with Crippen LogP contribution in [0.25, 0.3) is 0 Å². The van der Waals surface area contributed by atoms with Gasteiger partial charge in [0, 0.05) is 6.20 Å². The van der Waals surface area contributed by atoms with E-state index in [9.17, 15) is 18.4 Å². The first kappa shape index (κ1) is 13.7. The minimum atomic E-state index is -0.908. The Morgan fingerprint density at radius 2 is 1.85 bits per heavy atom. The van der Waals surface area contributed by atoms with Crippen LogP contribution < -0.4 is 5.32 Å². The molecular formula is C13H10F2N2O3. The Balaban J connectivity index is 1.92. The molecule has 1 heterocycles. The van der Waals surface area contributed by atoms with Gasteiger partial charge in [0.1, 0.15) is 23.0 Å². The molecule has 0 unspecified atom stereocenters. The second-order valence-electron chi connectivity index (χ2n) is 3.80. The van der Waals surface area contributed by atoms with Crippen molar-refractivity contribution in [3.8, 4) is 0 Å². The van der Waals surface area contributed by atoms with Gasteiger partial charge in [-0.25, -0.2) is 13.6 Å². The molecule has 0 spiro atoms. The fraction of sp³-hybridized carbons (Fsp3) is 0.0769. The Morgan fingerprint density at radius 1 is 1.15 bits per heavy atom. The van der Waals surface area contributed by atoms with Gasteiger partial charge in [0.05, 0.1) is 0 Å². The van der Waals surface area contributed by atoms with Crippen LogP contribution in [0.4, 0.5) is 14.5 Å². The Labute approximate surface area is 112 Å². The van der Waals surface area contributed by atoms with Crippen LogP contribution in [0.15, 0.2) is 36.5 Å². The monoisotopic (exact) mass is 280 g/mol. The van der Waals surface area contributed by atoms with Crippen LogP contribution in [0, 0.1) is 11.6 Å². The maximum atomic E-state index is 13.3. The van der Waals surface area contributed by atoms with Crippen LogP contribution in [0.5, 0.6) is 0 Å². The largest absolute Gasteiger partial charge is 0.451 e. The molecule has 0 aliphatic heterocycles. The number of amides is 1. The van der Waals surface area contributed by atoms with E-state index in [2.05, 4.69) is 9.72 Å². The van der Waals surface area contributed by atoms with Gasteiger partial charge >= 0.3 is 5.97 Å². The highest BCUT2D eigenvalue weighted by atomic mass is 19.1. The summed E-state index contributed by atoms with van der Waals surface area (Å²) in [5, 5.41) is 2.00. The van der Waals surface area contributed by atoms with E-state index in [1.54, 1.807) is 6.07 Å². The van der Waals surface area contributed by atoms with Crippen LogP contribution in [0.2, 0.25) is 0 Å². The van der Waals surface area contributed by atoms with Gasteiger partial charge in [-0.1, -0.05) is 6.07 Å². The summed E-state index contributed by atoms with van der Waals surface area (Å²) in [5.74, 6) is -3.39. The van der Waals surface area contributed by atoms with E-state index < -0.39 is 35.8 Å². The Bertz CT molecular complexity index is 606. The highest BCUT2D eigenvalue weighted by Gasteiger charge is 2.14. The number of aromatic amines is 1. The number of nitrogens with one attached hydrogen (secondary N) is 2. The molecule has 0 fully saturated rings. The number of carbonyl (C=O) groups excluding carboxylic acids is 2. The number of rotatable bonds is 4.